The normalized spacial score (nSPS) is 21.7. The summed E-state index contributed by atoms with van der Waals surface area (Å²) in [5.41, 5.74) is 10.3. The van der Waals surface area contributed by atoms with E-state index in [0.717, 1.165) is 34.3 Å². The van der Waals surface area contributed by atoms with Crippen molar-refractivity contribution < 1.29 is 0 Å². The van der Waals surface area contributed by atoms with Gasteiger partial charge in [0.1, 0.15) is 0 Å². The van der Waals surface area contributed by atoms with Crippen molar-refractivity contribution in [3.63, 3.8) is 0 Å². The summed E-state index contributed by atoms with van der Waals surface area (Å²) in [6, 6.07) is 14.7. The highest BCUT2D eigenvalue weighted by atomic mass is 79.9. The average molecular weight is 365 g/mol. The lowest BCUT2D eigenvalue weighted by molar-refractivity contribution is 0.399. The number of halogens is 2. The summed E-state index contributed by atoms with van der Waals surface area (Å²) in [5, 5.41) is 0.788. The summed E-state index contributed by atoms with van der Waals surface area (Å²) in [4.78, 5) is 0. The van der Waals surface area contributed by atoms with E-state index in [4.69, 9.17) is 17.3 Å². The molecule has 0 saturated carbocycles. The Labute approximate surface area is 139 Å². The third kappa shape index (κ3) is 3.18. The zero-order chi connectivity index (χ0) is 14.9. The number of benzene rings is 2. The molecule has 1 atom stereocenters. The van der Waals surface area contributed by atoms with E-state index >= 15 is 0 Å². The van der Waals surface area contributed by atoms with E-state index in [2.05, 4.69) is 46.3 Å². The summed E-state index contributed by atoms with van der Waals surface area (Å²) in [6.07, 6.45) is 5.30. The first-order valence-corrected chi connectivity index (χ1v) is 8.57. The van der Waals surface area contributed by atoms with Crippen LogP contribution in [0.4, 0.5) is 0 Å². The standard InChI is InChI=1S/C18H19BrClN/c19-15-9-8-14(17(20)11-15)12-18(21)10-4-3-6-13-5-1-2-7-16(13)18/h1-2,5,7-9,11H,3-4,6,10,12,21H2. The van der Waals surface area contributed by atoms with Gasteiger partial charge in [0.2, 0.25) is 0 Å². The Morgan fingerprint density at radius 1 is 1.14 bits per heavy atom. The molecule has 1 aliphatic rings. The third-order valence-corrected chi connectivity index (χ3v) is 5.24. The number of rotatable bonds is 2. The molecule has 0 aliphatic heterocycles. The molecule has 0 radical (unpaired) electrons. The molecular formula is C18H19BrClN. The Bertz CT molecular complexity index is 655. The fourth-order valence-corrected chi connectivity index (χ4v) is 4.04. The van der Waals surface area contributed by atoms with Gasteiger partial charge in [-0.25, -0.2) is 0 Å². The van der Waals surface area contributed by atoms with Crippen molar-refractivity contribution in [3.05, 3.63) is 68.7 Å². The van der Waals surface area contributed by atoms with Crippen molar-refractivity contribution in [2.24, 2.45) is 5.73 Å². The molecular weight excluding hydrogens is 346 g/mol. The molecule has 21 heavy (non-hydrogen) atoms. The second-order valence-corrected chi connectivity index (χ2v) is 7.26. The lowest BCUT2D eigenvalue weighted by atomic mass is 9.80. The smallest absolute Gasteiger partial charge is 0.0453 e. The van der Waals surface area contributed by atoms with Crippen molar-refractivity contribution in [2.75, 3.05) is 0 Å². The number of fused-ring (bicyclic) bond motifs is 1. The summed E-state index contributed by atoms with van der Waals surface area (Å²) < 4.78 is 1.00. The van der Waals surface area contributed by atoms with Gasteiger partial charge in [-0.1, -0.05) is 64.3 Å². The minimum atomic E-state index is -0.315. The van der Waals surface area contributed by atoms with E-state index in [1.54, 1.807) is 0 Å². The average Bonchev–Trinajstić information content (AvgIpc) is 2.63. The van der Waals surface area contributed by atoms with Crippen molar-refractivity contribution in [2.45, 2.75) is 37.6 Å². The van der Waals surface area contributed by atoms with Crippen molar-refractivity contribution in [1.29, 1.82) is 0 Å². The van der Waals surface area contributed by atoms with Crippen LogP contribution in [0.1, 0.15) is 36.0 Å². The van der Waals surface area contributed by atoms with Gasteiger partial charge in [0, 0.05) is 15.0 Å². The van der Waals surface area contributed by atoms with Crippen LogP contribution in [0, 0.1) is 0 Å². The van der Waals surface area contributed by atoms with Crippen LogP contribution < -0.4 is 5.73 Å². The van der Waals surface area contributed by atoms with E-state index in [9.17, 15) is 0 Å². The largest absolute Gasteiger partial charge is 0.321 e. The highest BCUT2D eigenvalue weighted by Crippen LogP contribution is 2.36. The topological polar surface area (TPSA) is 26.0 Å². The molecule has 1 unspecified atom stereocenters. The highest BCUT2D eigenvalue weighted by molar-refractivity contribution is 9.10. The molecule has 0 aromatic heterocycles. The van der Waals surface area contributed by atoms with Gasteiger partial charge in [0.25, 0.3) is 0 Å². The summed E-state index contributed by atoms with van der Waals surface area (Å²) in [7, 11) is 0. The van der Waals surface area contributed by atoms with Gasteiger partial charge >= 0.3 is 0 Å². The number of aryl methyl sites for hydroxylation is 1. The van der Waals surface area contributed by atoms with Crippen molar-refractivity contribution in [3.8, 4) is 0 Å². The number of hydrogen-bond acceptors (Lipinski definition) is 1. The Balaban J connectivity index is 2.00. The maximum absolute atomic E-state index is 6.84. The first-order valence-electron chi connectivity index (χ1n) is 7.40. The van der Waals surface area contributed by atoms with E-state index in [1.165, 1.54) is 24.0 Å². The molecule has 2 aromatic carbocycles. The predicted molar refractivity (Wildman–Crippen MR) is 92.7 cm³/mol. The van der Waals surface area contributed by atoms with Crippen LogP contribution in [0.25, 0.3) is 0 Å². The Kier molecular flexibility index (Phi) is 4.39. The Morgan fingerprint density at radius 3 is 2.76 bits per heavy atom. The maximum atomic E-state index is 6.84. The fourth-order valence-electron chi connectivity index (χ4n) is 3.30. The zero-order valence-corrected chi connectivity index (χ0v) is 14.3. The first kappa shape index (κ1) is 15.1. The summed E-state index contributed by atoms with van der Waals surface area (Å²) in [5.74, 6) is 0. The van der Waals surface area contributed by atoms with E-state index in [0.29, 0.717) is 0 Å². The van der Waals surface area contributed by atoms with Crippen LogP contribution in [0.15, 0.2) is 46.9 Å². The monoisotopic (exact) mass is 363 g/mol. The van der Waals surface area contributed by atoms with Crippen LogP contribution in [-0.2, 0) is 18.4 Å². The lowest BCUT2D eigenvalue weighted by Crippen LogP contribution is -2.39. The second-order valence-electron chi connectivity index (χ2n) is 5.93. The predicted octanol–water partition coefficient (Wildman–Crippen LogP) is 5.23. The number of hydrogen-bond donors (Lipinski definition) is 1. The molecule has 110 valence electrons. The van der Waals surface area contributed by atoms with Crippen LogP contribution in [-0.4, -0.2) is 0 Å². The molecule has 1 aliphatic carbocycles. The molecule has 3 rings (SSSR count). The first-order chi connectivity index (χ1) is 10.1. The zero-order valence-electron chi connectivity index (χ0n) is 11.9. The van der Waals surface area contributed by atoms with Gasteiger partial charge in [0.15, 0.2) is 0 Å². The van der Waals surface area contributed by atoms with Crippen LogP contribution in [0.3, 0.4) is 0 Å². The van der Waals surface area contributed by atoms with E-state index < -0.39 is 0 Å². The molecule has 0 fully saturated rings. The lowest BCUT2D eigenvalue weighted by Gasteiger charge is -2.31. The van der Waals surface area contributed by atoms with Gasteiger partial charge in [-0.15, -0.1) is 0 Å². The van der Waals surface area contributed by atoms with Gasteiger partial charge in [-0.05, 0) is 54.5 Å². The van der Waals surface area contributed by atoms with Gasteiger partial charge in [-0.3, -0.25) is 0 Å². The van der Waals surface area contributed by atoms with Gasteiger partial charge in [-0.2, -0.15) is 0 Å². The highest BCUT2D eigenvalue weighted by Gasteiger charge is 2.31. The maximum Gasteiger partial charge on any atom is 0.0453 e. The minimum absolute atomic E-state index is 0.315. The quantitative estimate of drug-likeness (QED) is 0.726. The molecule has 1 nitrogen and oxygen atoms in total. The van der Waals surface area contributed by atoms with Crippen molar-refractivity contribution in [1.82, 2.24) is 0 Å². The molecule has 3 heteroatoms. The van der Waals surface area contributed by atoms with Crippen molar-refractivity contribution >= 4 is 27.5 Å². The Morgan fingerprint density at radius 2 is 1.95 bits per heavy atom. The molecule has 0 heterocycles. The van der Waals surface area contributed by atoms with Gasteiger partial charge in [0.05, 0.1) is 0 Å². The molecule has 0 amide bonds. The molecule has 0 bridgehead atoms. The van der Waals surface area contributed by atoms with Crippen LogP contribution in [0.2, 0.25) is 5.02 Å². The Hall–Kier alpha value is -0.830. The summed E-state index contributed by atoms with van der Waals surface area (Å²) in [6.45, 7) is 0. The molecule has 2 N–H and O–H groups in total. The van der Waals surface area contributed by atoms with E-state index in [-0.39, 0.29) is 5.54 Å². The minimum Gasteiger partial charge on any atom is -0.321 e. The SMILES string of the molecule is NC1(Cc2ccc(Br)cc2Cl)CCCCc2ccccc21. The fraction of sp³-hybridized carbons (Fsp3) is 0.333. The third-order valence-electron chi connectivity index (χ3n) is 4.39. The van der Waals surface area contributed by atoms with E-state index in [1.807, 2.05) is 12.1 Å². The van der Waals surface area contributed by atoms with Crippen LogP contribution in [0.5, 0.6) is 0 Å². The molecule has 0 spiro atoms. The van der Waals surface area contributed by atoms with Crippen LogP contribution >= 0.6 is 27.5 Å². The molecule has 2 aromatic rings. The summed E-state index contributed by atoms with van der Waals surface area (Å²) >= 11 is 9.85. The van der Waals surface area contributed by atoms with Gasteiger partial charge < -0.3 is 5.73 Å². The molecule has 0 saturated heterocycles. The number of nitrogens with two attached hydrogens (primary N) is 1. The second kappa shape index (κ2) is 6.12.